The van der Waals surface area contributed by atoms with Gasteiger partial charge >= 0.3 is 6.09 Å². The van der Waals surface area contributed by atoms with Crippen molar-refractivity contribution in [2.45, 2.75) is 18.9 Å². The summed E-state index contributed by atoms with van der Waals surface area (Å²) in [6.07, 6.45) is 1.33. The maximum Gasteiger partial charge on any atom is 0.414 e. The number of rotatable bonds is 7. The zero-order valence-electron chi connectivity index (χ0n) is 16.8. The van der Waals surface area contributed by atoms with Crippen LogP contribution in [0.1, 0.15) is 12.8 Å². The molecular weight excluding hydrogens is 467 g/mol. The number of hydrogen-bond donors (Lipinski definition) is 1. The molecule has 12 heteroatoms. The Balaban J connectivity index is 1.36. The van der Waals surface area contributed by atoms with Crippen LogP contribution in [0.3, 0.4) is 0 Å². The van der Waals surface area contributed by atoms with E-state index in [1.807, 2.05) is 0 Å². The van der Waals surface area contributed by atoms with Crippen molar-refractivity contribution in [2.75, 3.05) is 54.3 Å². The number of carbonyl (C=O) groups excluding carboxylic acids is 1. The van der Waals surface area contributed by atoms with E-state index in [1.165, 1.54) is 15.3 Å². The van der Waals surface area contributed by atoms with E-state index in [9.17, 15) is 17.6 Å². The van der Waals surface area contributed by atoms with Crippen molar-refractivity contribution in [3.8, 4) is 0 Å². The maximum atomic E-state index is 14.9. The van der Waals surface area contributed by atoms with Crippen LogP contribution in [-0.4, -0.2) is 74.4 Å². The molecule has 1 aromatic rings. The highest BCUT2D eigenvalue weighted by Gasteiger charge is 2.34. The average molecular weight is 491 g/mol. The lowest BCUT2D eigenvalue weighted by molar-refractivity contribution is 0.143. The second-order valence-corrected chi connectivity index (χ2v) is 10.9. The standard InChI is InChI=1S/C19H24ClFN4O4S2/c20-12-31(27,28)24-7-5-23(6-8-24)17-4-3-14(9-16(17)21)25-11-15(29-19(25)26)10-22-18(30)13-1-2-13/h3-4,9,13,15H,1-2,5-8,10-12H2,(H,22,30). The Bertz CT molecular complexity index is 968. The van der Waals surface area contributed by atoms with Crippen LogP contribution in [0.25, 0.3) is 0 Å². The Morgan fingerprint density at radius 2 is 1.97 bits per heavy atom. The second kappa shape index (κ2) is 9.05. The number of amides is 1. The molecule has 2 aliphatic heterocycles. The summed E-state index contributed by atoms with van der Waals surface area (Å²) < 4.78 is 45.3. The van der Waals surface area contributed by atoms with E-state index in [0.717, 1.165) is 17.8 Å². The van der Waals surface area contributed by atoms with E-state index in [2.05, 4.69) is 5.32 Å². The van der Waals surface area contributed by atoms with Gasteiger partial charge in [-0.05, 0) is 31.0 Å². The van der Waals surface area contributed by atoms with Gasteiger partial charge in [0.25, 0.3) is 0 Å². The molecule has 1 aromatic carbocycles. The molecule has 0 bridgehead atoms. The third-order valence-electron chi connectivity index (χ3n) is 5.68. The topological polar surface area (TPSA) is 82.2 Å². The van der Waals surface area contributed by atoms with Crippen molar-refractivity contribution in [1.29, 1.82) is 0 Å². The molecule has 170 valence electrons. The molecule has 4 rings (SSSR count). The minimum Gasteiger partial charge on any atom is -0.442 e. The largest absolute Gasteiger partial charge is 0.442 e. The number of nitrogens with one attached hydrogen (secondary N) is 1. The van der Waals surface area contributed by atoms with Gasteiger partial charge < -0.3 is 15.0 Å². The molecule has 31 heavy (non-hydrogen) atoms. The van der Waals surface area contributed by atoms with E-state index in [4.69, 9.17) is 28.6 Å². The summed E-state index contributed by atoms with van der Waals surface area (Å²) in [6.45, 7) is 1.94. The first-order chi connectivity index (χ1) is 14.8. The Kier molecular flexibility index (Phi) is 6.57. The van der Waals surface area contributed by atoms with E-state index in [1.54, 1.807) is 17.0 Å². The molecule has 0 radical (unpaired) electrons. The summed E-state index contributed by atoms with van der Waals surface area (Å²) in [5, 5.41) is 2.69. The molecule has 2 heterocycles. The Labute approximate surface area is 191 Å². The summed E-state index contributed by atoms with van der Waals surface area (Å²) in [5.41, 5.74) is 0.786. The molecule has 0 aromatic heterocycles. The molecule has 1 N–H and O–H groups in total. The molecule has 0 spiro atoms. The summed E-state index contributed by atoms with van der Waals surface area (Å²) in [4.78, 5) is 16.3. The highest BCUT2D eigenvalue weighted by molar-refractivity contribution is 7.90. The highest BCUT2D eigenvalue weighted by Crippen LogP contribution is 2.31. The lowest BCUT2D eigenvalue weighted by Crippen LogP contribution is -2.49. The van der Waals surface area contributed by atoms with Crippen LogP contribution in [0.5, 0.6) is 0 Å². The number of carbonyl (C=O) groups is 1. The monoisotopic (exact) mass is 490 g/mol. The molecule has 1 unspecified atom stereocenters. The van der Waals surface area contributed by atoms with Gasteiger partial charge in [0.15, 0.2) is 0 Å². The SMILES string of the molecule is O=C1OC(CNC(=S)C2CC2)CN1c1ccc(N2CCN(S(=O)(=O)CCl)CC2)c(F)c1. The highest BCUT2D eigenvalue weighted by atomic mass is 35.5. The van der Waals surface area contributed by atoms with E-state index in [0.29, 0.717) is 43.5 Å². The molecule has 1 saturated carbocycles. The lowest BCUT2D eigenvalue weighted by atomic mass is 10.2. The van der Waals surface area contributed by atoms with Gasteiger partial charge in [-0.3, -0.25) is 4.90 Å². The third kappa shape index (κ3) is 5.05. The number of thiocarbonyl (C=S) groups is 1. The van der Waals surface area contributed by atoms with Crippen LogP contribution in [0.4, 0.5) is 20.6 Å². The fourth-order valence-corrected chi connectivity index (χ4v) is 5.33. The van der Waals surface area contributed by atoms with Gasteiger partial charge in [0.2, 0.25) is 10.0 Å². The van der Waals surface area contributed by atoms with Crippen LogP contribution in [-0.2, 0) is 14.8 Å². The van der Waals surface area contributed by atoms with Gasteiger partial charge in [0.05, 0.1) is 29.5 Å². The van der Waals surface area contributed by atoms with Gasteiger partial charge in [0.1, 0.15) is 17.1 Å². The first-order valence-corrected chi connectivity index (χ1v) is 12.7. The number of cyclic esters (lactones) is 1. The van der Waals surface area contributed by atoms with Crippen LogP contribution >= 0.6 is 23.8 Å². The molecule has 1 atom stereocenters. The number of halogens is 2. The van der Waals surface area contributed by atoms with Crippen molar-refractivity contribution < 1.29 is 22.3 Å². The molecular formula is C19H24ClFN4O4S2. The molecule has 3 fully saturated rings. The predicted octanol–water partition coefficient (Wildman–Crippen LogP) is 2.13. The van der Waals surface area contributed by atoms with Crippen LogP contribution < -0.4 is 15.1 Å². The molecule has 8 nitrogen and oxygen atoms in total. The quantitative estimate of drug-likeness (QED) is 0.463. The first kappa shape index (κ1) is 22.5. The van der Waals surface area contributed by atoms with Crippen LogP contribution in [0.15, 0.2) is 18.2 Å². The average Bonchev–Trinajstić information content (AvgIpc) is 3.55. The second-order valence-electron chi connectivity index (χ2n) is 7.88. The van der Waals surface area contributed by atoms with E-state index < -0.39 is 27.1 Å². The number of nitrogens with zero attached hydrogens (tertiary/aromatic N) is 3. The zero-order valence-corrected chi connectivity index (χ0v) is 19.2. The number of ether oxygens (including phenoxy) is 1. The zero-order chi connectivity index (χ0) is 22.2. The normalized spacial score (nSPS) is 22.5. The predicted molar refractivity (Wildman–Crippen MR) is 121 cm³/mol. The Hall–Kier alpha value is -1.69. The van der Waals surface area contributed by atoms with Gasteiger partial charge in [0, 0.05) is 32.1 Å². The van der Waals surface area contributed by atoms with Crippen molar-refractivity contribution in [1.82, 2.24) is 9.62 Å². The van der Waals surface area contributed by atoms with Crippen molar-refractivity contribution >= 4 is 56.3 Å². The first-order valence-electron chi connectivity index (χ1n) is 10.1. The molecule has 1 aliphatic carbocycles. The number of anilines is 2. The number of piperazine rings is 1. The number of alkyl halides is 1. The van der Waals surface area contributed by atoms with Crippen molar-refractivity contribution in [2.24, 2.45) is 5.92 Å². The van der Waals surface area contributed by atoms with E-state index >= 15 is 0 Å². The minimum atomic E-state index is -3.47. The smallest absolute Gasteiger partial charge is 0.414 e. The summed E-state index contributed by atoms with van der Waals surface area (Å²) in [5.74, 6) is -0.0304. The summed E-state index contributed by atoms with van der Waals surface area (Å²) in [6, 6.07) is 4.59. The van der Waals surface area contributed by atoms with Crippen LogP contribution in [0, 0.1) is 11.7 Å². The number of hydrogen-bond acceptors (Lipinski definition) is 6. The third-order valence-corrected chi connectivity index (χ3v) is 8.41. The van der Waals surface area contributed by atoms with Crippen LogP contribution in [0.2, 0.25) is 0 Å². The van der Waals surface area contributed by atoms with Gasteiger partial charge in [-0.1, -0.05) is 12.2 Å². The fraction of sp³-hybridized carbons (Fsp3) is 0.579. The van der Waals surface area contributed by atoms with Gasteiger partial charge in [-0.25, -0.2) is 17.6 Å². The van der Waals surface area contributed by atoms with Crippen molar-refractivity contribution in [3.05, 3.63) is 24.0 Å². The molecule has 2 saturated heterocycles. The van der Waals surface area contributed by atoms with E-state index in [-0.39, 0.29) is 19.2 Å². The number of benzene rings is 1. The maximum absolute atomic E-state index is 14.9. The number of sulfonamides is 1. The van der Waals surface area contributed by atoms with Gasteiger partial charge in [-0.2, -0.15) is 4.31 Å². The Morgan fingerprint density at radius 3 is 2.58 bits per heavy atom. The van der Waals surface area contributed by atoms with Gasteiger partial charge in [-0.15, -0.1) is 11.6 Å². The summed E-state index contributed by atoms with van der Waals surface area (Å²) >= 11 is 10.8. The Morgan fingerprint density at radius 1 is 1.26 bits per heavy atom. The lowest BCUT2D eigenvalue weighted by Gasteiger charge is -2.35. The molecule has 1 amide bonds. The van der Waals surface area contributed by atoms with Crippen molar-refractivity contribution in [3.63, 3.8) is 0 Å². The fourth-order valence-electron chi connectivity index (χ4n) is 3.74. The molecule has 3 aliphatic rings. The summed E-state index contributed by atoms with van der Waals surface area (Å²) in [7, 11) is -3.47. The minimum absolute atomic E-state index is 0.242.